The van der Waals surface area contributed by atoms with Crippen LogP contribution in [0.1, 0.15) is 52.6 Å². The Hall–Kier alpha value is -1.92. The van der Waals surface area contributed by atoms with Gasteiger partial charge in [0, 0.05) is 37.3 Å². The van der Waals surface area contributed by atoms with Gasteiger partial charge in [0.1, 0.15) is 0 Å². The van der Waals surface area contributed by atoms with E-state index in [0.29, 0.717) is 30.3 Å². The van der Waals surface area contributed by atoms with Gasteiger partial charge in [-0.25, -0.2) is 0 Å². The second-order valence-corrected chi connectivity index (χ2v) is 9.75. The summed E-state index contributed by atoms with van der Waals surface area (Å²) in [5.41, 5.74) is 16.2. The largest absolute Gasteiger partial charge is 0.398 e. The lowest BCUT2D eigenvalue weighted by Crippen LogP contribution is -2.20. The number of hydrogen-bond donors (Lipinski definition) is 1. The van der Waals surface area contributed by atoms with Crippen molar-refractivity contribution < 1.29 is 18.9 Å². The first kappa shape index (κ1) is 20.7. The summed E-state index contributed by atoms with van der Waals surface area (Å²) < 4.78 is 22.8. The quantitative estimate of drug-likeness (QED) is 0.431. The van der Waals surface area contributed by atoms with Crippen LogP contribution in [0.15, 0.2) is 30.3 Å². The van der Waals surface area contributed by atoms with Gasteiger partial charge in [0.25, 0.3) is 0 Å². The first-order valence-corrected chi connectivity index (χ1v) is 12.2. The average molecular weight is 436 g/mol. The maximum absolute atomic E-state index is 6.99. The molecule has 4 saturated heterocycles. The van der Waals surface area contributed by atoms with E-state index >= 15 is 0 Å². The molecule has 5 heteroatoms. The standard InChI is InChI=1S/C27H33NO4/c1-2-21(16-6-4-3-5-7-16)26-22(8-17-12-29-17)24(10-19-14-31-19)27(28)25(11-20-15-32-20)23(26)9-18-13-30-18/h3-7,17-21H,2,8-15,28H2,1H3. The highest BCUT2D eigenvalue weighted by atomic mass is 16.6. The summed E-state index contributed by atoms with van der Waals surface area (Å²) in [6.45, 7) is 5.67. The Morgan fingerprint density at radius 2 is 1.12 bits per heavy atom. The molecule has 0 radical (unpaired) electrons. The molecule has 32 heavy (non-hydrogen) atoms. The lowest BCUT2D eigenvalue weighted by molar-refractivity contribution is 0.397. The summed E-state index contributed by atoms with van der Waals surface area (Å²) in [6, 6.07) is 10.9. The Kier molecular flexibility index (Phi) is 5.46. The minimum Gasteiger partial charge on any atom is -0.398 e. The van der Waals surface area contributed by atoms with Crippen LogP contribution in [-0.2, 0) is 44.6 Å². The third-order valence-electron chi connectivity index (χ3n) is 7.32. The summed E-state index contributed by atoms with van der Waals surface area (Å²) in [5.74, 6) is 0.331. The van der Waals surface area contributed by atoms with Crippen LogP contribution in [0.25, 0.3) is 0 Å². The van der Waals surface area contributed by atoms with Crippen molar-refractivity contribution in [1.29, 1.82) is 0 Å². The van der Waals surface area contributed by atoms with Gasteiger partial charge in [-0.1, -0.05) is 37.3 Å². The molecule has 170 valence electrons. The third kappa shape index (κ3) is 4.44. The highest BCUT2D eigenvalue weighted by Crippen LogP contribution is 2.44. The van der Waals surface area contributed by atoms with E-state index in [1.807, 2.05) is 0 Å². The predicted molar refractivity (Wildman–Crippen MR) is 123 cm³/mol. The SMILES string of the molecule is CCC(c1ccccc1)c1c(CC2CO2)c(CC2CO2)c(N)c(CC2CO2)c1CC1CO1. The molecule has 4 aliphatic rings. The molecule has 2 aromatic carbocycles. The Morgan fingerprint density at radius 3 is 1.50 bits per heavy atom. The van der Waals surface area contributed by atoms with Crippen molar-refractivity contribution >= 4 is 5.69 Å². The average Bonchev–Trinajstić information content (AvgIpc) is 3.63. The van der Waals surface area contributed by atoms with Gasteiger partial charge in [-0.15, -0.1) is 0 Å². The lowest BCUT2D eigenvalue weighted by Gasteiger charge is -2.30. The maximum atomic E-state index is 6.99. The fourth-order valence-electron chi connectivity index (χ4n) is 5.31. The Balaban J connectivity index is 1.56. The molecular formula is C27H33NO4. The molecule has 6 rings (SSSR count). The number of ether oxygens (including phenoxy) is 4. The van der Waals surface area contributed by atoms with E-state index in [1.165, 1.54) is 33.4 Å². The second kappa shape index (κ2) is 8.45. The van der Waals surface area contributed by atoms with Crippen LogP contribution in [-0.4, -0.2) is 50.8 Å². The van der Waals surface area contributed by atoms with Crippen molar-refractivity contribution in [3.63, 3.8) is 0 Å². The van der Waals surface area contributed by atoms with E-state index in [-0.39, 0.29) is 0 Å². The topological polar surface area (TPSA) is 76.1 Å². The molecule has 5 atom stereocenters. The molecule has 4 aliphatic heterocycles. The molecular weight excluding hydrogens is 402 g/mol. The van der Waals surface area contributed by atoms with Crippen molar-refractivity contribution in [3.8, 4) is 0 Å². The molecule has 0 amide bonds. The minimum atomic E-state index is 0.295. The third-order valence-corrected chi connectivity index (χ3v) is 7.32. The van der Waals surface area contributed by atoms with E-state index in [1.54, 1.807) is 0 Å². The normalized spacial score (nSPS) is 28.4. The van der Waals surface area contributed by atoms with Crippen LogP contribution in [0.4, 0.5) is 5.69 Å². The van der Waals surface area contributed by atoms with E-state index in [2.05, 4.69) is 37.3 Å². The molecule has 5 nitrogen and oxygen atoms in total. The molecule has 0 spiro atoms. The summed E-state index contributed by atoms with van der Waals surface area (Å²) in [4.78, 5) is 0. The van der Waals surface area contributed by atoms with E-state index < -0.39 is 0 Å². The van der Waals surface area contributed by atoms with Gasteiger partial charge in [0.15, 0.2) is 0 Å². The van der Waals surface area contributed by atoms with E-state index in [4.69, 9.17) is 24.7 Å². The van der Waals surface area contributed by atoms with E-state index in [0.717, 1.165) is 64.2 Å². The number of epoxide rings is 4. The van der Waals surface area contributed by atoms with Crippen molar-refractivity contribution in [3.05, 3.63) is 63.7 Å². The minimum absolute atomic E-state index is 0.295. The number of rotatable bonds is 11. The van der Waals surface area contributed by atoms with Crippen molar-refractivity contribution in [2.75, 3.05) is 32.2 Å². The number of benzene rings is 2. The number of anilines is 1. The van der Waals surface area contributed by atoms with Crippen LogP contribution in [0, 0.1) is 0 Å². The number of nitrogens with two attached hydrogens (primary N) is 1. The summed E-state index contributed by atoms with van der Waals surface area (Å²) >= 11 is 0. The zero-order valence-electron chi connectivity index (χ0n) is 18.8. The fraction of sp³-hybridized carbons (Fsp3) is 0.556. The molecule has 0 bridgehead atoms. The molecule has 4 fully saturated rings. The number of nitrogen functional groups attached to an aromatic ring is 1. The van der Waals surface area contributed by atoms with Gasteiger partial charge in [-0.3, -0.25) is 0 Å². The Bertz CT molecular complexity index is 922. The zero-order valence-corrected chi connectivity index (χ0v) is 18.8. The molecule has 2 aromatic rings. The van der Waals surface area contributed by atoms with Crippen LogP contribution >= 0.6 is 0 Å². The monoisotopic (exact) mass is 435 g/mol. The smallest absolute Gasteiger partial charge is 0.0851 e. The molecule has 5 unspecified atom stereocenters. The molecule has 4 heterocycles. The molecule has 2 N–H and O–H groups in total. The van der Waals surface area contributed by atoms with Crippen LogP contribution < -0.4 is 5.73 Å². The summed E-state index contributed by atoms with van der Waals surface area (Å²) in [5, 5.41) is 0. The Morgan fingerprint density at radius 1 is 0.719 bits per heavy atom. The second-order valence-electron chi connectivity index (χ2n) is 9.75. The first-order chi connectivity index (χ1) is 15.7. The van der Waals surface area contributed by atoms with Crippen molar-refractivity contribution in [1.82, 2.24) is 0 Å². The van der Waals surface area contributed by atoms with Gasteiger partial charge in [0.2, 0.25) is 0 Å². The van der Waals surface area contributed by atoms with Crippen LogP contribution in [0.3, 0.4) is 0 Å². The maximum Gasteiger partial charge on any atom is 0.0851 e. The van der Waals surface area contributed by atoms with Gasteiger partial charge in [-0.2, -0.15) is 0 Å². The van der Waals surface area contributed by atoms with Crippen molar-refractivity contribution in [2.45, 2.75) is 69.4 Å². The summed E-state index contributed by atoms with van der Waals surface area (Å²) in [6.07, 6.45) is 5.91. The Labute approximate surface area is 190 Å². The zero-order chi connectivity index (χ0) is 21.7. The predicted octanol–water partition coefficient (Wildman–Crippen LogP) is 3.58. The molecule has 0 aromatic heterocycles. The fourth-order valence-corrected chi connectivity index (χ4v) is 5.31. The van der Waals surface area contributed by atoms with Gasteiger partial charge in [0.05, 0.1) is 50.8 Å². The van der Waals surface area contributed by atoms with E-state index in [9.17, 15) is 0 Å². The van der Waals surface area contributed by atoms with Crippen LogP contribution in [0.2, 0.25) is 0 Å². The van der Waals surface area contributed by atoms with Crippen molar-refractivity contribution in [2.24, 2.45) is 0 Å². The first-order valence-electron chi connectivity index (χ1n) is 12.2. The summed E-state index contributed by atoms with van der Waals surface area (Å²) in [7, 11) is 0. The molecule has 0 saturated carbocycles. The van der Waals surface area contributed by atoms with Gasteiger partial charge >= 0.3 is 0 Å². The highest BCUT2D eigenvalue weighted by molar-refractivity contribution is 5.66. The molecule has 0 aliphatic carbocycles. The lowest BCUT2D eigenvalue weighted by atomic mass is 9.75. The highest BCUT2D eigenvalue weighted by Gasteiger charge is 2.37. The van der Waals surface area contributed by atoms with Gasteiger partial charge in [-0.05, 0) is 39.8 Å². The van der Waals surface area contributed by atoms with Crippen LogP contribution in [0.5, 0.6) is 0 Å². The van der Waals surface area contributed by atoms with Gasteiger partial charge < -0.3 is 24.7 Å². The number of hydrogen-bond acceptors (Lipinski definition) is 5.